The molecule has 5 heteroatoms. The topological polar surface area (TPSA) is 66.4 Å². The molecule has 0 bridgehead atoms. The molecule has 0 fully saturated rings. The van der Waals surface area contributed by atoms with Gasteiger partial charge in [-0.1, -0.05) is 29.8 Å². The van der Waals surface area contributed by atoms with Gasteiger partial charge in [0.1, 0.15) is 0 Å². The SMILES string of the molecule is CC(NC(=O)CC(C)(C)C(=O)O)c1ccccc1Cl. The maximum Gasteiger partial charge on any atom is 0.309 e. The molecule has 1 aromatic carbocycles. The van der Waals surface area contributed by atoms with Gasteiger partial charge in [0.15, 0.2) is 0 Å². The number of carboxylic acids is 1. The average molecular weight is 284 g/mol. The predicted octanol–water partition coefficient (Wildman–Crippen LogP) is 3.02. The largest absolute Gasteiger partial charge is 0.481 e. The molecule has 0 aliphatic carbocycles. The van der Waals surface area contributed by atoms with E-state index < -0.39 is 11.4 Å². The molecule has 0 aliphatic rings. The molecule has 0 saturated heterocycles. The molecule has 2 N–H and O–H groups in total. The van der Waals surface area contributed by atoms with Crippen molar-refractivity contribution in [2.75, 3.05) is 0 Å². The lowest BCUT2D eigenvalue weighted by atomic mass is 9.89. The molecule has 1 atom stereocenters. The normalized spacial score (nSPS) is 12.8. The van der Waals surface area contributed by atoms with Crippen LogP contribution in [0.1, 0.15) is 38.8 Å². The van der Waals surface area contributed by atoms with E-state index in [1.807, 2.05) is 25.1 Å². The van der Waals surface area contributed by atoms with Crippen LogP contribution in [0.25, 0.3) is 0 Å². The summed E-state index contributed by atoms with van der Waals surface area (Å²) < 4.78 is 0. The number of carbonyl (C=O) groups is 2. The van der Waals surface area contributed by atoms with E-state index in [-0.39, 0.29) is 18.4 Å². The highest BCUT2D eigenvalue weighted by Crippen LogP contribution is 2.24. The lowest BCUT2D eigenvalue weighted by Crippen LogP contribution is -2.34. The molecule has 104 valence electrons. The minimum absolute atomic E-state index is 0.0723. The molecule has 1 unspecified atom stereocenters. The summed E-state index contributed by atoms with van der Waals surface area (Å²) in [6, 6.07) is 6.97. The van der Waals surface area contributed by atoms with Crippen LogP contribution in [0.15, 0.2) is 24.3 Å². The highest BCUT2D eigenvalue weighted by Gasteiger charge is 2.30. The number of halogens is 1. The van der Waals surface area contributed by atoms with Crippen LogP contribution in [0.5, 0.6) is 0 Å². The Morgan fingerprint density at radius 2 is 1.95 bits per heavy atom. The number of carboxylic acid groups (broad SMARTS) is 1. The van der Waals surface area contributed by atoms with Gasteiger partial charge >= 0.3 is 5.97 Å². The number of hydrogen-bond acceptors (Lipinski definition) is 2. The fraction of sp³-hybridized carbons (Fsp3) is 0.429. The van der Waals surface area contributed by atoms with Crippen LogP contribution < -0.4 is 5.32 Å². The molecule has 0 aromatic heterocycles. The highest BCUT2D eigenvalue weighted by molar-refractivity contribution is 6.31. The first-order chi connectivity index (χ1) is 8.74. The number of rotatable bonds is 5. The van der Waals surface area contributed by atoms with Gasteiger partial charge in [0.2, 0.25) is 5.91 Å². The molecule has 1 rings (SSSR count). The van der Waals surface area contributed by atoms with Crippen LogP contribution in [-0.4, -0.2) is 17.0 Å². The maximum absolute atomic E-state index is 11.8. The summed E-state index contributed by atoms with van der Waals surface area (Å²) in [6.45, 7) is 4.86. The van der Waals surface area contributed by atoms with Crippen molar-refractivity contribution >= 4 is 23.5 Å². The van der Waals surface area contributed by atoms with E-state index in [0.717, 1.165) is 5.56 Å². The van der Waals surface area contributed by atoms with Crippen molar-refractivity contribution in [2.45, 2.75) is 33.2 Å². The number of benzene rings is 1. The van der Waals surface area contributed by atoms with Crippen LogP contribution in [0.4, 0.5) is 0 Å². The van der Waals surface area contributed by atoms with Gasteiger partial charge in [-0.2, -0.15) is 0 Å². The van der Waals surface area contributed by atoms with Crippen molar-refractivity contribution in [1.29, 1.82) is 0 Å². The summed E-state index contributed by atoms with van der Waals surface area (Å²) in [5.41, 5.74) is -0.268. The molecule has 4 nitrogen and oxygen atoms in total. The molecule has 0 radical (unpaired) electrons. The van der Waals surface area contributed by atoms with Crippen molar-refractivity contribution in [2.24, 2.45) is 5.41 Å². The van der Waals surface area contributed by atoms with E-state index in [0.29, 0.717) is 5.02 Å². The van der Waals surface area contributed by atoms with E-state index >= 15 is 0 Å². The molecular formula is C14H18ClNO3. The van der Waals surface area contributed by atoms with Crippen molar-refractivity contribution < 1.29 is 14.7 Å². The molecule has 0 heterocycles. The number of amides is 1. The zero-order chi connectivity index (χ0) is 14.6. The third-order valence-corrected chi connectivity index (χ3v) is 3.27. The van der Waals surface area contributed by atoms with Crippen molar-refractivity contribution in [1.82, 2.24) is 5.32 Å². The summed E-state index contributed by atoms with van der Waals surface area (Å²) >= 11 is 6.04. The molecular weight excluding hydrogens is 266 g/mol. The Kier molecular flexibility index (Phi) is 4.95. The van der Waals surface area contributed by atoms with Crippen LogP contribution in [0, 0.1) is 5.41 Å². The summed E-state index contributed by atoms with van der Waals surface area (Å²) in [5, 5.41) is 12.3. The van der Waals surface area contributed by atoms with Gasteiger partial charge in [0.25, 0.3) is 0 Å². The molecule has 1 aromatic rings. The van der Waals surface area contributed by atoms with Gasteiger partial charge in [-0.05, 0) is 32.4 Å². The molecule has 19 heavy (non-hydrogen) atoms. The van der Waals surface area contributed by atoms with Gasteiger partial charge in [0, 0.05) is 11.4 Å². The zero-order valence-corrected chi connectivity index (χ0v) is 12.0. The second-order valence-electron chi connectivity index (χ2n) is 5.18. The number of hydrogen-bond donors (Lipinski definition) is 2. The smallest absolute Gasteiger partial charge is 0.309 e. The van der Waals surface area contributed by atoms with Crippen molar-refractivity contribution in [3.05, 3.63) is 34.9 Å². The van der Waals surface area contributed by atoms with E-state index in [9.17, 15) is 9.59 Å². The third-order valence-electron chi connectivity index (χ3n) is 2.93. The average Bonchev–Trinajstić information content (AvgIpc) is 2.28. The predicted molar refractivity (Wildman–Crippen MR) is 74.0 cm³/mol. The first-order valence-corrected chi connectivity index (χ1v) is 6.39. The Morgan fingerprint density at radius 3 is 2.47 bits per heavy atom. The van der Waals surface area contributed by atoms with E-state index in [1.54, 1.807) is 6.07 Å². The summed E-state index contributed by atoms with van der Waals surface area (Å²) in [4.78, 5) is 22.8. The molecule has 0 spiro atoms. The van der Waals surface area contributed by atoms with Crippen LogP contribution in [0.2, 0.25) is 5.02 Å². The summed E-state index contributed by atoms with van der Waals surface area (Å²) in [6.07, 6.45) is -0.0723. The summed E-state index contributed by atoms with van der Waals surface area (Å²) in [5.74, 6) is -1.30. The zero-order valence-electron chi connectivity index (χ0n) is 11.2. The van der Waals surface area contributed by atoms with Gasteiger partial charge in [-0.3, -0.25) is 9.59 Å². The number of carbonyl (C=O) groups excluding carboxylic acids is 1. The van der Waals surface area contributed by atoms with Gasteiger partial charge in [0.05, 0.1) is 11.5 Å². The van der Waals surface area contributed by atoms with Gasteiger partial charge in [-0.25, -0.2) is 0 Å². The lowest BCUT2D eigenvalue weighted by Gasteiger charge is -2.21. The number of aliphatic carboxylic acids is 1. The van der Waals surface area contributed by atoms with Crippen LogP contribution >= 0.6 is 11.6 Å². The quantitative estimate of drug-likeness (QED) is 0.873. The first-order valence-electron chi connectivity index (χ1n) is 6.01. The van der Waals surface area contributed by atoms with Crippen LogP contribution in [-0.2, 0) is 9.59 Å². The standard InChI is InChI=1S/C14H18ClNO3/c1-9(10-6-4-5-7-11(10)15)16-12(17)8-14(2,3)13(18)19/h4-7,9H,8H2,1-3H3,(H,16,17)(H,18,19). The second-order valence-corrected chi connectivity index (χ2v) is 5.58. The fourth-order valence-electron chi connectivity index (χ4n) is 1.67. The Bertz CT molecular complexity index is 485. The second kappa shape index (κ2) is 6.06. The minimum Gasteiger partial charge on any atom is -0.481 e. The maximum atomic E-state index is 11.8. The minimum atomic E-state index is -1.08. The molecule has 0 saturated carbocycles. The monoisotopic (exact) mass is 283 g/mol. The van der Waals surface area contributed by atoms with E-state index in [2.05, 4.69) is 5.32 Å². The van der Waals surface area contributed by atoms with Gasteiger partial charge in [-0.15, -0.1) is 0 Å². The lowest BCUT2D eigenvalue weighted by molar-refractivity contribution is -0.149. The molecule has 0 aliphatic heterocycles. The summed E-state index contributed by atoms with van der Waals surface area (Å²) in [7, 11) is 0. The van der Waals surface area contributed by atoms with E-state index in [4.69, 9.17) is 16.7 Å². The Labute approximate surface area is 117 Å². The van der Waals surface area contributed by atoms with Crippen molar-refractivity contribution in [3.63, 3.8) is 0 Å². The Hall–Kier alpha value is -1.55. The Balaban J connectivity index is 2.68. The number of nitrogens with one attached hydrogen (secondary N) is 1. The molecule has 1 amide bonds. The van der Waals surface area contributed by atoms with Crippen molar-refractivity contribution in [3.8, 4) is 0 Å². The highest BCUT2D eigenvalue weighted by atomic mass is 35.5. The Morgan fingerprint density at radius 1 is 1.37 bits per heavy atom. The fourth-order valence-corrected chi connectivity index (χ4v) is 1.97. The van der Waals surface area contributed by atoms with Gasteiger partial charge < -0.3 is 10.4 Å². The van der Waals surface area contributed by atoms with E-state index in [1.165, 1.54) is 13.8 Å². The third kappa shape index (κ3) is 4.24. The first kappa shape index (κ1) is 15.5. The van der Waals surface area contributed by atoms with Crippen LogP contribution in [0.3, 0.4) is 0 Å².